The molecule has 142 valence electrons. The number of anilines is 1. The molecule has 0 spiro atoms. The molecule has 1 amide bonds. The maximum absolute atomic E-state index is 12.5. The van der Waals surface area contributed by atoms with Crippen molar-refractivity contribution in [3.8, 4) is 11.3 Å². The third-order valence-corrected chi connectivity index (χ3v) is 6.03. The van der Waals surface area contributed by atoms with E-state index in [1.54, 1.807) is 17.4 Å². The Morgan fingerprint density at radius 2 is 2.00 bits per heavy atom. The van der Waals surface area contributed by atoms with Crippen molar-refractivity contribution in [1.82, 2.24) is 9.38 Å². The van der Waals surface area contributed by atoms with Crippen LogP contribution in [0.5, 0.6) is 0 Å². The molecule has 0 radical (unpaired) electrons. The maximum atomic E-state index is 12.5. The molecule has 2 aromatic carbocycles. The van der Waals surface area contributed by atoms with Gasteiger partial charge < -0.3 is 5.32 Å². The lowest BCUT2D eigenvalue weighted by molar-refractivity contribution is -0.115. The minimum absolute atomic E-state index is 0.0813. The summed E-state index contributed by atoms with van der Waals surface area (Å²) in [5, 5.41) is 5.53. The number of hydrogen-bond acceptors (Lipinski definition) is 3. The van der Waals surface area contributed by atoms with Gasteiger partial charge in [0.15, 0.2) is 4.96 Å². The van der Waals surface area contributed by atoms with E-state index in [2.05, 4.69) is 36.5 Å². The molecule has 0 fully saturated rings. The van der Waals surface area contributed by atoms with Gasteiger partial charge in [-0.3, -0.25) is 9.20 Å². The van der Waals surface area contributed by atoms with E-state index in [0.29, 0.717) is 10.7 Å². The zero-order valence-corrected chi connectivity index (χ0v) is 17.3. The fourth-order valence-electron chi connectivity index (χ4n) is 3.05. The van der Waals surface area contributed by atoms with E-state index < -0.39 is 0 Å². The molecule has 2 heterocycles. The number of halogens is 1. The van der Waals surface area contributed by atoms with Gasteiger partial charge in [0.05, 0.1) is 12.1 Å². The summed E-state index contributed by atoms with van der Waals surface area (Å²) < 4.78 is 2.00. The fraction of sp³-hybridized carbons (Fsp3) is 0.182. The highest BCUT2D eigenvalue weighted by Crippen LogP contribution is 2.25. The van der Waals surface area contributed by atoms with Crippen LogP contribution in [0, 0.1) is 6.92 Å². The topological polar surface area (TPSA) is 46.4 Å². The summed E-state index contributed by atoms with van der Waals surface area (Å²) in [6.07, 6.45) is 3.29. The molecule has 0 saturated carbocycles. The maximum Gasteiger partial charge on any atom is 0.230 e. The standard InChI is InChI=1S/C22H20ClN3OS/c1-3-15-5-7-16(8-6-15)20-12-26-18(13-28-22(26)25-20)11-21(27)24-17-9-4-14(2)19(23)10-17/h4-10,12-13H,3,11H2,1-2H3,(H,24,27). The molecule has 0 aliphatic rings. The molecule has 0 unspecified atom stereocenters. The number of carbonyl (C=O) groups excluding carboxylic acids is 1. The first kappa shape index (κ1) is 18.7. The van der Waals surface area contributed by atoms with Gasteiger partial charge in [-0.2, -0.15) is 0 Å². The highest BCUT2D eigenvalue weighted by Gasteiger charge is 2.13. The van der Waals surface area contributed by atoms with Crippen molar-refractivity contribution in [2.75, 3.05) is 5.32 Å². The third-order valence-electron chi connectivity index (χ3n) is 4.74. The van der Waals surface area contributed by atoms with Crippen LogP contribution in [0.15, 0.2) is 54.0 Å². The molecule has 6 heteroatoms. The molecule has 28 heavy (non-hydrogen) atoms. The second kappa shape index (κ2) is 7.78. The average Bonchev–Trinajstić information content (AvgIpc) is 3.27. The molecule has 1 N–H and O–H groups in total. The van der Waals surface area contributed by atoms with Crippen molar-refractivity contribution < 1.29 is 4.79 Å². The van der Waals surface area contributed by atoms with Crippen molar-refractivity contribution in [3.63, 3.8) is 0 Å². The largest absolute Gasteiger partial charge is 0.326 e. The van der Waals surface area contributed by atoms with Gasteiger partial charge in [0.25, 0.3) is 0 Å². The minimum atomic E-state index is -0.0813. The molecule has 0 saturated heterocycles. The van der Waals surface area contributed by atoms with Crippen LogP contribution >= 0.6 is 22.9 Å². The minimum Gasteiger partial charge on any atom is -0.326 e. The zero-order chi connectivity index (χ0) is 19.7. The van der Waals surface area contributed by atoms with Gasteiger partial charge in [-0.05, 0) is 36.6 Å². The number of nitrogens with zero attached hydrogens (tertiary/aromatic N) is 2. The first-order chi connectivity index (χ1) is 13.5. The van der Waals surface area contributed by atoms with Crippen molar-refractivity contribution >= 4 is 39.5 Å². The Hall–Kier alpha value is -2.63. The number of carbonyl (C=O) groups is 1. The van der Waals surface area contributed by atoms with Crippen LogP contribution in [0.2, 0.25) is 5.02 Å². The lowest BCUT2D eigenvalue weighted by Crippen LogP contribution is -2.15. The average molecular weight is 410 g/mol. The molecule has 4 rings (SSSR count). The number of aryl methyl sites for hydroxylation is 2. The summed E-state index contributed by atoms with van der Waals surface area (Å²) >= 11 is 7.68. The number of imidazole rings is 1. The Balaban J connectivity index is 1.53. The van der Waals surface area contributed by atoms with Crippen LogP contribution in [0.4, 0.5) is 5.69 Å². The number of rotatable bonds is 5. The predicted molar refractivity (Wildman–Crippen MR) is 116 cm³/mol. The smallest absolute Gasteiger partial charge is 0.230 e. The van der Waals surface area contributed by atoms with E-state index in [1.807, 2.05) is 35.0 Å². The van der Waals surface area contributed by atoms with Gasteiger partial charge in [-0.15, -0.1) is 11.3 Å². The molecule has 4 nitrogen and oxygen atoms in total. The van der Waals surface area contributed by atoms with E-state index in [0.717, 1.165) is 33.9 Å². The van der Waals surface area contributed by atoms with E-state index >= 15 is 0 Å². The monoisotopic (exact) mass is 409 g/mol. The number of amides is 1. The molecular formula is C22H20ClN3OS. The number of fused-ring (bicyclic) bond motifs is 1. The first-order valence-corrected chi connectivity index (χ1v) is 10.4. The van der Waals surface area contributed by atoms with Gasteiger partial charge in [0.2, 0.25) is 5.91 Å². The van der Waals surface area contributed by atoms with Crippen LogP contribution in [-0.2, 0) is 17.6 Å². The molecule has 0 aliphatic carbocycles. The fourth-order valence-corrected chi connectivity index (χ4v) is 4.10. The molecular weight excluding hydrogens is 390 g/mol. The Bertz CT molecular complexity index is 1140. The van der Waals surface area contributed by atoms with Crippen LogP contribution in [0.1, 0.15) is 23.7 Å². The van der Waals surface area contributed by atoms with Crippen molar-refractivity contribution in [2.45, 2.75) is 26.7 Å². The number of nitrogens with one attached hydrogen (secondary N) is 1. The summed E-state index contributed by atoms with van der Waals surface area (Å²) in [7, 11) is 0. The molecule has 0 aliphatic heterocycles. The second-order valence-electron chi connectivity index (χ2n) is 6.75. The second-order valence-corrected chi connectivity index (χ2v) is 7.99. The molecule has 0 atom stereocenters. The number of hydrogen-bond donors (Lipinski definition) is 1. The van der Waals surface area contributed by atoms with Crippen molar-refractivity contribution in [1.29, 1.82) is 0 Å². The molecule has 2 aromatic heterocycles. The third kappa shape index (κ3) is 3.81. The highest BCUT2D eigenvalue weighted by molar-refractivity contribution is 7.15. The first-order valence-electron chi connectivity index (χ1n) is 9.14. The Morgan fingerprint density at radius 1 is 1.21 bits per heavy atom. The Kier molecular flexibility index (Phi) is 5.20. The van der Waals surface area contributed by atoms with Crippen molar-refractivity contribution in [3.05, 3.63) is 75.9 Å². The van der Waals surface area contributed by atoms with Gasteiger partial charge in [0.1, 0.15) is 0 Å². The van der Waals surface area contributed by atoms with E-state index in [9.17, 15) is 4.79 Å². The summed E-state index contributed by atoms with van der Waals surface area (Å²) in [4.78, 5) is 18.1. The lowest BCUT2D eigenvalue weighted by atomic mass is 10.1. The zero-order valence-electron chi connectivity index (χ0n) is 15.7. The van der Waals surface area contributed by atoms with Crippen LogP contribution in [0.25, 0.3) is 16.2 Å². The van der Waals surface area contributed by atoms with Gasteiger partial charge in [0, 0.05) is 33.5 Å². The van der Waals surface area contributed by atoms with Crippen molar-refractivity contribution in [2.24, 2.45) is 0 Å². The summed E-state index contributed by atoms with van der Waals surface area (Å²) in [5.41, 5.74) is 5.91. The van der Waals surface area contributed by atoms with Gasteiger partial charge in [-0.1, -0.05) is 48.9 Å². The summed E-state index contributed by atoms with van der Waals surface area (Å²) in [6, 6.07) is 14.0. The summed E-state index contributed by atoms with van der Waals surface area (Å²) in [6.45, 7) is 4.08. The molecule has 4 aromatic rings. The Morgan fingerprint density at radius 3 is 2.71 bits per heavy atom. The quantitative estimate of drug-likeness (QED) is 0.455. The van der Waals surface area contributed by atoms with E-state index in [-0.39, 0.29) is 12.3 Å². The Labute approximate surface area is 172 Å². The van der Waals surface area contributed by atoms with E-state index in [1.165, 1.54) is 5.56 Å². The van der Waals surface area contributed by atoms with Gasteiger partial charge in [-0.25, -0.2) is 4.98 Å². The van der Waals surface area contributed by atoms with Crippen LogP contribution in [0.3, 0.4) is 0 Å². The van der Waals surface area contributed by atoms with Gasteiger partial charge >= 0.3 is 0 Å². The SMILES string of the molecule is CCc1ccc(-c2cn3c(CC(=O)Nc4ccc(C)c(Cl)c4)csc3n2)cc1. The molecule has 0 bridgehead atoms. The number of thiazole rings is 1. The van der Waals surface area contributed by atoms with Crippen LogP contribution < -0.4 is 5.32 Å². The summed E-state index contributed by atoms with van der Waals surface area (Å²) in [5.74, 6) is -0.0813. The number of benzene rings is 2. The van der Waals surface area contributed by atoms with Crippen LogP contribution in [-0.4, -0.2) is 15.3 Å². The normalized spacial score (nSPS) is 11.1. The lowest BCUT2D eigenvalue weighted by Gasteiger charge is -2.06. The predicted octanol–water partition coefficient (Wildman–Crippen LogP) is 5.77. The van der Waals surface area contributed by atoms with E-state index in [4.69, 9.17) is 16.6 Å². The number of aromatic nitrogens is 2. The highest BCUT2D eigenvalue weighted by atomic mass is 35.5.